The molecule has 114 valence electrons. The van der Waals surface area contributed by atoms with Crippen LogP contribution >= 0.6 is 23.2 Å². The van der Waals surface area contributed by atoms with E-state index in [1.54, 1.807) is 23.9 Å². The maximum absolute atomic E-state index is 6.23. The van der Waals surface area contributed by atoms with Crippen LogP contribution < -0.4 is 9.47 Å². The van der Waals surface area contributed by atoms with Gasteiger partial charge in [-0.3, -0.25) is 0 Å². The van der Waals surface area contributed by atoms with Crippen LogP contribution in [-0.4, -0.2) is 21.9 Å². The van der Waals surface area contributed by atoms with Gasteiger partial charge in [0.05, 0.1) is 12.1 Å². The van der Waals surface area contributed by atoms with E-state index in [1.165, 1.54) is 6.33 Å². The highest BCUT2D eigenvalue weighted by molar-refractivity contribution is 6.32. The lowest BCUT2D eigenvalue weighted by Crippen LogP contribution is -2.11. The Morgan fingerprint density at radius 2 is 2.10 bits per heavy atom. The number of ether oxygens (including phenoxy) is 2. The highest BCUT2D eigenvalue weighted by Gasteiger charge is 2.14. The van der Waals surface area contributed by atoms with Gasteiger partial charge in [0.15, 0.2) is 17.3 Å². The molecule has 0 fully saturated rings. The quantitative estimate of drug-likeness (QED) is 0.755. The first-order valence-electron chi connectivity index (χ1n) is 6.50. The Morgan fingerprint density at radius 3 is 2.71 bits per heavy atom. The molecule has 1 aromatic heterocycles. The molecule has 2 rings (SSSR count). The van der Waals surface area contributed by atoms with Gasteiger partial charge in [-0.1, -0.05) is 11.6 Å². The van der Waals surface area contributed by atoms with Crippen LogP contribution in [0, 0.1) is 0 Å². The maximum atomic E-state index is 6.23. The largest absolute Gasteiger partial charge is 0.493 e. The number of alkyl halides is 1. The van der Waals surface area contributed by atoms with Crippen molar-refractivity contribution in [3.8, 4) is 11.5 Å². The van der Waals surface area contributed by atoms with Gasteiger partial charge in [-0.25, -0.2) is 9.67 Å². The molecule has 21 heavy (non-hydrogen) atoms. The standard InChI is InChI=1S/C14H17Cl2N3O2/c1-9(2)19-13(17-8-18-19)7-21-14-11(16)4-10(6-15)5-12(14)20-3/h4-5,8-9H,6-7H2,1-3H3. The molecule has 0 amide bonds. The molecule has 0 aliphatic heterocycles. The molecular weight excluding hydrogens is 313 g/mol. The van der Waals surface area contributed by atoms with Crippen LogP contribution in [0.15, 0.2) is 18.5 Å². The molecule has 0 spiro atoms. The summed E-state index contributed by atoms with van der Waals surface area (Å²) in [5.74, 6) is 2.11. The summed E-state index contributed by atoms with van der Waals surface area (Å²) >= 11 is 12.0. The van der Waals surface area contributed by atoms with E-state index < -0.39 is 0 Å². The molecule has 1 aromatic carbocycles. The van der Waals surface area contributed by atoms with Crippen molar-refractivity contribution in [3.63, 3.8) is 0 Å². The highest BCUT2D eigenvalue weighted by atomic mass is 35.5. The fourth-order valence-electron chi connectivity index (χ4n) is 1.94. The fraction of sp³-hybridized carbons (Fsp3) is 0.429. The molecule has 0 bridgehead atoms. The number of rotatable bonds is 6. The Labute approximate surface area is 133 Å². The predicted molar refractivity (Wildman–Crippen MR) is 82.3 cm³/mol. The average Bonchev–Trinajstić information content (AvgIpc) is 2.93. The van der Waals surface area contributed by atoms with Crippen molar-refractivity contribution in [3.05, 3.63) is 34.9 Å². The Morgan fingerprint density at radius 1 is 1.33 bits per heavy atom. The lowest BCUT2D eigenvalue weighted by atomic mass is 10.2. The fourth-order valence-corrected chi connectivity index (χ4v) is 2.38. The summed E-state index contributed by atoms with van der Waals surface area (Å²) in [5.41, 5.74) is 0.871. The van der Waals surface area contributed by atoms with Crippen LogP contribution in [0.2, 0.25) is 5.02 Å². The predicted octanol–water partition coefficient (Wildman–Crippen LogP) is 3.84. The Kier molecular flexibility index (Phi) is 5.31. The van der Waals surface area contributed by atoms with Crippen LogP contribution in [0.4, 0.5) is 0 Å². The van der Waals surface area contributed by atoms with Crippen molar-refractivity contribution in [2.24, 2.45) is 0 Å². The minimum Gasteiger partial charge on any atom is -0.493 e. The first-order chi connectivity index (χ1) is 10.1. The Balaban J connectivity index is 2.21. The molecule has 7 heteroatoms. The molecular formula is C14H17Cl2N3O2. The van der Waals surface area contributed by atoms with E-state index in [9.17, 15) is 0 Å². The third-order valence-corrected chi connectivity index (χ3v) is 3.51. The second-order valence-corrected chi connectivity index (χ2v) is 5.42. The Hall–Kier alpha value is -1.46. The van der Waals surface area contributed by atoms with Crippen molar-refractivity contribution in [1.82, 2.24) is 14.8 Å². The van der Waals surface area contributed by atoms with Gasteiger partial charge in [0, 0.05) is 11.9 Å². The third-order valence-electron chi connectivity index (χ3n) is 2.93. The Bertz CT molecular complexity index is 614. The molecule has 0 aliphatic carbocycles. The summed E-state index contributed by atoms with van der Waals surface area (Å²) in [6.07, 6.45) is 1.51. The van der Waals surface area contributed by atoms with E-state index in [0.29, 0.717) is 22.4 Å². The number of hydrogen-bond donors (Lipinski definition) is 0. The molecule has 5 nitrogen and oxygen atoms in total. The first-order valence-corrected chi connectivity index (χ1v) is 7.41. The van der Waals surface area contributed by atoms with Gasteiger partial charge in [-0.05, 0) is 31.5 Å². The van der Waals surface area contributed by atoms with Crippen LogP contribution in [0.25, 0.3) is 0 Å². The van der Waals surface area contributed by atoms with E-state index in [2.05, 4.69) is 10.1 Å². The van der Waals surface area contributed by atoms with Gasteiger partial charge in [0.2, 0.25) is 0 Å². The van der Waals surface area contributed by atoms with Crippen LogP contribution in [-0.2, 0) is 12.5 Å². The van der Waals surface area contributed by atoms with Gasteiger partial charge >= 0.3 is 0 Å². The molecule has 0 aliphatic rings. The zero-order valence-corrected chi connectivity index (χ0v) is 13.6. The number of benzene rings is 1. The summed E-state index contributed by atoms with van der Waals surface area (Å²) in [6.45, 7) is 4.32. The van der Waals surface area contributed by atoms with E-state index in [1.807, 2.05) is 13.8 Å². The molecule has 0 saturated heterocycles. The minimum atomic E-state index is 0.210. The van der Waals surface area contributed by atoms with Crippen LogP contribution in [0.5, 0.6) is 11.5 Å². The first kappa shape index (κ1) is 15.9. The number of aromatic nitrogens is 3. The number of methoxy groups -OCH3 is 1. The zero-order valence-electron chi connectivity index (χ0n) is 12.1. The number of hydrogen-bond acceptors (Lipinski definition) is 4. The van der Waals surface area contributed by atoms with Crippen molar-refractivity contribution < 1.29 is 9.47 Å². The second kappa shape index (κ2) is 7.00. The summed E-state index contributed by atoms with van der Waals surface area (Å²) in [4.78, 5) is 4.19. The molecule has 0 atom stereocenters. The summed E-state index contributed by atoms with van der Waals surface area (Å²) in [5, 5.41) is 4.62. The normalized spacial score (nSPS) is 11.0. The summed E-state index contributed by atoms with van der Waals surface area (Å²) < 4.78 is 12.9. The van der Waals surface area contributed by atoms with E-state index in [0.717, 1.165) is 11.4 Å². The summed E-state index contributed by atoms with van der Waals surface area (Å²) in [6, 6.07) is 3.78. The number of halogens is 2. The van der Waals surface area contributed by atoms with Gasteiger partial charge in [0.1, 0.15) is 12.9 Å². The molecule has 0 unspecified atom stereocenters. The zero-order chi connectivity index (χ0) is 15.4. The van der Waals surface area contributed by atoms with Crippen LogP contribution in [0.3, 0.4) is 0 Å². The van der Waals surface area contributed by atoms with Gasteiger partial charge in [0.25, 0.3) is 0 Å². The molecule has 0 saturated carbocycles. The molecule has 1 heterocycles. The van der Waals surface area contributed by atoms with E-state index in [4.69, 9.17) is 32.7 Å². The monoisotopic (exact) mass is 329 g/mol. The smallest absolute Gasteiger partial charge is 0.180 e. The van der Waals surface area contributed by atoms with Crippen molar-refractivity contribution in [1.29, 1.82) is 0 Å². The third kappa shape index (κ3) is 3.60. The number of nitrogens with zero attached hydrogens (tertiary/aromatic N) is 3. The van der Waals surface area contributed by atoms with Gasteiger partial charge in [-0.2, -0.15) is 5.10 Å². The lowest BCUT2D eigenvalue weighted by Gasteiger charge is -2.14. The SMILES string of the molecule is COc1cc(CCl)cc(Cl)c1OCc1ncnn1C(C)C. The minimum absolute atomic E-state index is 0.210. The average molecular weight is 330 g/mol. The van der Waals surface area contributed by atoms with E-state index in [-0.39, 0.29) is 12.6 Å². The highest BCUT2D eigenvalue weighted by Crippen LogP contribution is 2.37. The van der Waals surface area contributed by atoms with Crippen molar-refractivity contribution in [2.75, 3.05) is 7.11 Å². The topological polar surface area (TPSA) is 49.2 Å². The van der Waals surface area contributed by atoms with Crippen LogP contribution in [0.1, 0.15) is 31.3 Å². The second-order valence-electron chi connectivity index (χ2n) is 4.75. The van der Waals surface area contributed by atoms with Gasteiger partial charge in [-0.15, -0.1) is 11.6 Å². The van der Waals surface area contributed by atoms with E-state index >= 15 is 0 Å². The van der Waals surface area contributed by atoms with Crippen molar-refractivity contribution in [2.45, 2.75) is 32.4 Å². The lowest BCUT2D eigenvalue weighted by molar-refractivity contribution is 0.266. The molecule has 2 aromatic rings. The molecule has 0 N–H and O–H groups in total. The van der Waals surface area contributed by atoms with Crippen molar-refractivity contribution >= 4 is 23.2 Å². The van der Waals surface area contributed by atoms with Gasteiger partial charge < -0.3 is 9.47 Å². The summed E-state index contributed by atoms with van der Waals surface area (Å²) in [7, 11) is 1.56. The maximum Gasteiger partial charge on any atom is 0.180 e. The molecule has 0 radical (unpaired) electrons.